The van der Waals surface area contributed by atoms with E-state index in [-0.39, 0.29) is 5.97 Å². The van der Waals surface area contributed by atoms with Crippen LogP contribution in [0.4, 0.5) is 0 Å². The lowest BCUT2D eigenvalue weighted by Gasteiger charge is -1.98. The molecule has 0 N–H and O–H groups in total. The third kappa shape index (κ3) is 18.2. The Labute approximate surface area is 148 Å². The van der Waals surface area contributed by atoms with Gasteiger partial charge in [-0.1, -0.05) is 67.7 Å². The Balaban J connectivity index is 3.48. The van der Waals surface area contributed by atoms with Crippen LogP contribution < -0.4 is 0 Å². The largest absolute Gasteiger partial charge is 0.466 e. The van der Waals surface area contributed by atoms with Crippen molar-refractivity contribution in [1.82, 2.24) is 0 Å². The summed E-state index contributed by atoms with van der Waals surface area (Å²) in [5.74, 6) is -0.0927. The second kappa shape index (κ2) is 19.2. The minimum Gasteiger partial charge on any atom is -0.466 e. The molecule has 2 nitrogen and oxygen atoms in total. The Hall–Kier alpha value is -1.83. The molecule has 0 aromatic heterocycles. The molecule has 0 saturated carbocycles. The predicted molar refractivity (Wildman–Crippen MR) is 105 cm³/mol. The quantitative estimate of drug-likeness (QED) is 0.207. The normalized spacial score (nSPS) is 12.6. The Bertz CT molecular complexity index is 425. The van der Waals surface area contributed by atoms with Crippen LogP contribution in [0.2, 0.25) is 0 Å². The summed E-state index contributed by atoms with van der Waals surface area (Å²) in [7, 11) is 0. The molecule has 0 saturated heterocycles. The molecule has 0 atom stereocenters. The van der Waals surface area contributed by atoms with E-state index in [1.165, 1.54) is 0 Å². The second-order valence-electron chi connectivity index (χ2n) is 5.41. The van der Waals surface area contributed by atoms with Crippen LogP contribution >= 0.6 is 0 Å². The summed E-state index contributed by atoms with van der Waals surface area (Å²) < 4.78 is 4.88. The van der Waals surface area contributed by atoms with Crippen LogP contribution in [0.15, 0.2) is 60.8 Å². The molecule has 0 aromatic rings. The highest BCUT2D eigenvalue weighted by Gasteiger charge is 1.98. The van der Waals surface area contributed by atoms with E-state index >= 15 is 0 Å². The Kier molecular flexibility index (Phi) is 17.8. The van der Waals surface area contributed by atoms with Crippen LogP contribution in [0.3, 0.4) is 0 Å². The van der Waals surface area contributed by atoms with E-state index in [9.17, 15) is 4.79 Å². The highest BCUT2D eigenvalue weighted by atomic mass is 16.5. The Morgan fingerprint density at radius 3 is 1.62 bits per heavy atom. The van der Waals surface area contributed by atoms with Crippen molar-refractivity contribution in [2.24, 2.45) is 0 Å². The summed E-state index contributed by atoms with van der Waals surface area (Å²) in [4.78, 5) is 11.1. The van der Waals surface area contributed by atoms with Crippen LogP contribution in [-0.2, 0) is 9.53 Å². The van der Waals surface area contributed by atoms with Gasteiger partial charge >= 0.3 is 5.97 Å². The maximum absolute atomic E-state index is 11.1. The number of allylic oxidation sites excluding steroid dienone is 10. The van der Waals surface area contributed by atoms with Gasteiger partial charge in [-0.25, -0.2) is 0 Å². The summed E-state index contributed by atoms with van der Waals surface area (Å²) in [6, 6.07) is 0. The van der Waals surface area contributed by atoms with Gasteiger partial charge in [0.2, 0.25) is 0 Å². The fourth-order valence-electron chi connectivity index (χ4n) is 1.97. The van der Waals surface area contributed by atoms with Crippen molar-refractivity contribution in [3.05, 3.63) is 60.8 Å². The van der Waals surface area contributed by atoms with Crippen LogP contribution in [-0.4, -0.2) is 12.6 Å². The maximum Gasteiger partial charge on any atom is 0.305 e. The molecule has 2 heteroatoms. The maximum atomic E-state index is 11.1. The first kappa shape index (κ1) is 22.2. The van der Waals surface area contributed by atoms with Crippen LogP contribution in [0.1, 0.15) is 65.2 Å². The van der Waals surface area contributed by atoms with Crippen molar-refractivity contribution >= 4 is 5.97 Å². The van der Waals surface area contributed by atoms with E-state index in [4.69, 9.17) is 4.74 Å². The average molecular weight is 331 g/mol. The van der Waals surface area contributed by atoms with E-state index in [1.54, 1.807) is 0 Å². The van der Waals surface area contributed by atoms with Crippen molar-refractivity contribution < 1.29 is 9.53 Å². The minimum atomic E-state index is -0.0927. The van der Waals surface area contributed by atoms with Gasteiger partial charge in [-0.3, -0.25) is 4.79 Å². The molecule has 0 aliphatic heterocycles. The number of carbonyl (C=O) groups excluding carboxylic acids is 1. The molecule has 0 radical (unpaired) electrons. The van der Waals surface area contributed by atoms with E-state index in [0.29, 0.717) is 13.0 Å². The molecule has 0 aliphatic rings. The number of rotatable bonds is 14. The standard InChI is InChI=1S/C22H34O2/c1-3-5-6-7-8-9-10-11-12-13-14-15-16-17-18-19-20-21-22(23)24-4-2/h5-6,8-9,11-12,14-15,17-18H,3-4,7,10,13,16,19-21H2,1-2H3/b6-5-,9-8-,12-11-,15-14+,18-17+. The molecular weight excluding hydrogens is 296 g/mol. The molecule has 0 amide bonds. The first-order valence-corrected chi connectivity index (χ1v) is 9.21. The Morgan fingerprint density at radius 1 is 0.708 bits per heavy atom. The summed E-state index contributed by atoms with van der Waals surface area (Å²) in [6.07, 6.45) is 29.3. The van der Waals surface area contributed by atoms with Crippen molar-refractivity contribution in [3.63, 3.8) is 0 Å². The summed E-state index contributed by atoms with van der Waals surface area (Å²) in [5, 5.41) is 0. The highest BCUT2D eigenvalue weighted by molar-refractivity contribution is 5.69. The van der Waals surface area contributed by atoms with Gasteiger partial charge in [-0.05, 0) is 51.9 Å². The topological polar surface area (TPSA) is 26.3 Å². The van der Waals surface area contributed by atoms with Gasteiger partial charge in [0.25, 0.3) is 0 Å². The van der Waals surface area contributed by atoms with Gasteiger partial charge in [-0.2, -0.15) is 0 Å². The number of carbonyl (C=O) groups is 1. The molecule has 0 aliphatic carbocycles. The van der Waals surface area contributed by atoms with E-state index < -0.39 is 0 Å². The second-order valence-corrected chi connectivity index (χ2v) is 5.41. The summed E-state index contributed by atoms with van der Waals surface area (Å²) >= 11 is 0. The number of hydrogen-bond acceptors (Lipinski definition) is 2. The van der Waals surface area contributed by atoms with Crippen LogP contribution in [0.25, 0.3) is 0 Å². The van der Waals surface area contributed by atoms with Crippen molar-refractivity contribution in [3.8, 4) is 0 Å². The molecule has 0 rings (SSSR count). The van der Waals surface area contributed by atoms with Crippen molar-refractivity contribution in [2.45, 2.75) is 65.2 Å². The average Bonchev–Trinajstić information content (AvgIpc) is 2.58. The number of ether oxygens (including phenoxy) is 1. The fraction of sp³-hybridized carbons (Fsp3) is 0.500. The first-order chi connectivity index (χ1) is 11.8. The van der Waals surface area contributed by atoms with Crippen LogP contribution in [0.5, 0.6) is 0 Å². The van der Waals surface area contributed by atoms with E-state index in [0.717, 1.165) is 44.9 Å². The fourth-order valence-corrected chi connectivity index (χ4v) is 1.97. The number of hydrogen-bond donors (Lipinski definition) is 0. The smallest absolute Gasteiger partial charge is 0.305 e. The highest BCUT2D eigenvalue weighted by Crippen LogP contribution is 2.00. The van der Waals surface area contributed by atoms with Gasteiger partial charge in [0, 0.05) is 6.42 Å². The van der Waals surface area contributed by atoms with Crippen LogP contribution in [0, 0.1) is 0 Å². The monoisotopic (exact) mass is 330 g/mol. The lowest BCUT2D eigenvalue weighted by atomic mass is 10.2. The minimum absolute atomic E-state index is 0.0927. The lowest BCUT2D eigenvalue weighted by molar-refractivity contribution is -0.143. The van der Waals surface area contributed by atoms with Crippen molar-refractivity contribution in [2.75, 3.05) is 6.61 Å². The SMILES string of the molecule is CC/C=C\C/C=C\C/C=C\C/C=C/C/C=C/CCCC(=O)OCC. The number of unbranched alkanes of at least 4 members (excludes halogenated alkanes) is 1. The third-order valence-corrected chi connectivity index (χ3v) is 3.21. The molecule has 0 fully saturated rings. The van der Waals surface area contributed by atoms with Gasteiger partial charge in [0.1, 0.15) is 0 Å². The summed E-state index contributed by atoms with van der Waals surface area (Å²) in [5.41, 5.74) is 0. The lowest BCUT2D eigenvalue weighted by Crippen LogP contribution is -2.02. The molecule has 0 aromatic carbocycles. The van der Waals surface area contributed by atoms with Gasteiger partial charge in [0.15, 0.2) is 0 Å². The molecule has 0 spiro atoms. The van der Waals surface area contributed by atoms with E-state index in [1.807, 2.05) is 6.92 Å². The molecule has 24 heavy (non-hydrogen) atoms. The molecular formula is C22H34O2. The molecule has 0 bridgehead atoms. The third-order valence-electron chi connectivity index (χ3n) is 3.21. The van der Waals surface area contributed by atoms with E-state index in [2.05, 4.69) is 67.7 Å². The zero-order valence-electron chi connectivity index (χ0n) is 15.5. The van der Waals surface area contributed by atoms with Crippen molar-refractivity contribution in [1.29, 1.82) is 0 Å². The molecule has 0 heterocycles. The zero-order valence-corrected chi connectivity index (χ0v) is 15.5. The van der Waals surface area contributed by atoms with Gasteiger partial charge in [0.05, 0.1) is 6.61 Å². The number of esters is 1. The Morgan fingerprint density at radius 2 is 1.17 bits per heavy atom. The zero-order chi connectivity index (χ0) is 17.7. The molecule has 134 valence electrons. The first-order valence-electron chi connectivity index (χ1n) is 9.21. The predicted octanol–water partition coefficient (Wildman–Crippen LogP) is 6.47. The molecule has 0 unspecified atom stereocenters. The van der Waals surface area contributed by atoms with Gasteiger partial charge < -0.3 is 4.74 Å². The van der Waals surface area contributed by atoms with Gasteiger partial charge in [-0.15, -0.1) is 0 Å². The summed E-state index contributed by atoms with van der Waals surface area (Å²) in [6.45, 7) is 4.46.